The maximum atomic E-state index is 12.4. The number of halogens is 5. The van der Waals surface area contributed by atoms with E-state index in [4.69, 9.17) is 5.11 Å². The van der Waals surface area contributed by atoms with Crippen molar-refractivity contribution in [3.63, 3.8) is 0 Å². The van der Waals surface area contributed by atoms with E-state index in [1.165, 1.54) is 0 Å². The predicted molar refractivity (Wildman–Crippen MR) is 42.4 cm³/mol. The zero-order chi connectivity index (χ0) is 12.5. The lowest BCUT2D eigenvalue weighted by Crippen LogP contribution is -2.19. The minimum absolute atomic E-state index is 0.189. The molecule has 90 valence electrons. The van der Waals surface area contributed by atoms with Gasteiger partial charge in [-0.15, -0.1) is 0 Å². The molecule has 8 heteroatoms. The van der Waals surface area contributed by atoms with Crippen LogP contribution in [0.5, 0.6) is 0 Å². The van der Waals surface area contributed by atoms with Crippen molar-refractivity contribution in [2.45, 2.75) is 19.1 Å². The van der Waals surface area contributed by atoms with Crippen molar-refractivity contribution in [3.05, 3.63) is 23.5 Å². The Morgan fingerprint density at radius 1 is 1.44 bits per heavy atom. The molecule has 3 nitrogen and oxygen atoms in total. The van der Waals surface area contributed by atoms with Crippen molar-refractivity contribution in [2.75, 3.05) is 0 Å². The number of hydrogen-bond donors (Lipinski definition) is 1. The first kappa shape index (κ1) is 12.5. The maximum absolute atomic E-state index is 12.4. The van der Waals surface area contributed by atoms with Crippen LogP contribution in [0.3, 0.4) is 0 Å². The van der Waals surface area contributed by atoms with Crippen LogP contribution < -0.4 is 0 Å². The normalized spacial score (nSPS) is 12.1. The Morgan fingerprint density at radius 2 is 2.00 bits per heavy atom. The molecule has 1 aromatic heterocycles. The van der Waals surface area contributed by atoms with Gasteiger partial charge < -0.3 is 9.67 Å². The third-order valence-electron chi connectivity index (χ3n) is 1.80. The van der Waals surface area contributed by atoms with Crippen LogP contribution in [0.25, 0.3) is 0 Å². The van der Waals surface area contributed by atoms with Crippen LogP contribution in [-0.2, 0) is 12.7 Å². The molecule has 0 aromatic carbocycles. The number of aromatic nitrogens is 1. The van der Waals surface area contributed by atoms with Gasteiger partial charge in [0.2, 0.25) is 0 Å². The molecule has 0 radical (unpaired) electrons. The molecule has 0 aliphatic carbocycles. The third-order valence-corrected chi connectivity index (χ3v) is 1.80. The summed E-state index contributed by atoms with van der Waals surface area (Å²) < 4.78 is 61.4. The Kier molecular flexibility index (Phi) is 3.20. The highest BCUT2D eigenvalue weighted by atomic mass is 19.4. The number of aromatic carboxylic acids is 1. The summed E-state index contributed by atoms with van der Waals surface area (Å²) in [6, 6.07) is 0.646. The molecule has 0 fully saturated rings. The molecule has 0 spiro atoms. The molecule has 0 bridgehead atoms. The van der Waals surface area contributed by atoms with Crippen LogP contribution in [0.1, 0.15) is 16.1 Å². The zero-order valence-electron chi connectivity index (χ0n) is 7.63. The zero-order valence-corrected chi connectivity index (χ0v) is 7.63. The molecule has 0 saturated carbocycles. The molecule has 16 heavy (non-hydrogen) atoms. The van der Waals surface area contributed by atoms with E-state index in [2.05, 4.69) is 0 Å². The Balaban J connectivity index is 3.25. The molecule has 0 amide bonds. The summed E-state index contributed by atoms with van der Waals surface area (Å²) in [7, 11) is 0. The molecule has 0 aliphatic heterocycles. The SMILES string of the molecule is O=C(O)c1ccn(CC(F)F)c1C(F)(F)F. The van der Waals surface area contributed by atoms with Crippen LogP contribution in [0.2, 0.25) is 0 Å². The molecule has 0 unspecified atom stereocenters. The van der Waals surface area contributed by atoms with E-state index in [1.54, 1.807) is 0 Å². The van der Waals surface area contributed by atoms with Gasteiger partial charge >= 0.3 is 12.1 Å². The quantitative estimate of drug-likeness (QED) is 0.828. The van der Waals surface area contributed by atoms with Gasteiger partial charge in [0.25, 0.3) is 6.43 Å². The van der Waals surface area contributed by atoms with E-state index < -0.39 is 36.4 Å². The predicted octanol–water partition coefficient (Wildman–Crippen LogP) is 2.47. The number of carboxylic acids is 1. The van der Waals surface area contributed by atoms with E-state index in [1.807, 2.05) is 0 Å². The van der Waals surface area contributed by atoms with E-state index in [-0.39, 0.29) is 4.57 Å². The minimum Gasteiger partial charge on any atom is -0.478 e. The van der Waals surface area contributed by atoms with Crippen molar-refractivity contribution in [1.29, 1.82) is 0 Å². The second kappa shape index (κ2) is 4.11. The molecular weight excluding hydrogens is 237 g/mol. The molecular formula is C8H6F5NO2. The van der Waals surface area contributed by atoms with Crippen LogP contribution in [0, 0.1) is 0 Å². The first-order valence-electron chi connectivity index (χ1n) is 4.01. The van der Waals surface area contributed by atoms with Crippen molar-refractivity contribution < 1.29 is 31.9 Å². The maximum Gasteiger partial charge on any atom is 0.432 e. The number of alkyl halides is 5. The summed E-state index contributed by atoms with van der Waals surface area (Å²) >= 11 is 0. The average Bonchev–Trinajstić information content (AvgIpc) is 2.45. The number of rotatable bonds is 3. The highest BCUT2D eigenvalue weighted by Gasteiger charge is 2.39. The fourth-order valence-corrected chi connectivity index (χ4v) is 1.26. The van der Waals surface area contributed by atoms with Crippen molar-refractivity contribution in [1.82, 2.24) is 4.57 Å². The standard InChI is InChI=1S/C8H6F5NO2/c9-5(10)3-14-2-1-4(7(15)16)6(14)8(11,12)13/h1-2,5H,3H2,(H,15,16). The lowest BCUT2D eigenvalue weighted by Gasteiger charge is -2.12. The molecule has 1 rings (SSSR count). The average molecular weight is 243 g/mol. The Hall–Kier alpha value is -1.60. The first-order chi connectivity index (χ1) is 7.23. The number of carboxylic acid groups (broad SMARTS) is 1. The molecule has 0 atom stereocenters. The number of carbonyl (C=O) groups is 1. The summed E-state index contributed by atoms with van der Waals surface area (Å²) in [4.78, 5) is 10.5. The molecule has 0 aliphatic rings. The van der Waals surface area contributed by atoms with Gasteiger partial charge in [-0.1, -0.05) is 0 Å². The highest BCUT2D eigenvalue weighted by Crippen LogP contribution is 2.33. The van der Waals surface area contributed by atoms with Gasteiger partial charge in [-0.2, -0.15) is 13.2 Å². The number of nitrogens with zero attached hydrogens (tertiary/aromatic N) is 1. The summed E-state index contributed by atoms with van der Waals surface area (Å²) in [5.41, 5.74) is -2.60. The Morgan fingerprint density at radius 3 is 2.38 bits per heavy atom. The van der Waals surface area contributed by atoms with Crippen molar-refractivity contribution in [3.8, 4) is 0 Å². The van der Waals surface area contributed by atoms with Gasteiger partial charge in [0.05, 0.1) is 12.1 Å². The third kappa shape index (κ3) is 2.50. The van der Waals surface area contributed by atoms with E-state index >= 15 is 0 Å². The van der Waals surface area contributed by atoms with Gasteiger partial charge in [-0.05, 0) is 6.07 Å². The highest BCUT2D eigenvalue weighted by molar-refractivity contribution is 5.89. The lowest BCUT2D eigenvalue weighted by atomic mass is 10.2. The summed E-state index contributed by atoms with van der Waals surface area (Å²) in [5, 5.41) is 8.48. The summed E-state index contributed by atoms with van der Waals surface area (Å²) in [6.45, 7) is -1.19. The Labute approximate surface area is 86.1 Å². The van der Waals surface area contributed by atoms with Gasteiger partial charge in [0.1, 0.15) is 5.69 Å². The van der Waals surface area contributed by atoms with Crippen LogP contribution in [-0.4, -0.2) is 22.1 Å². The number of hydrogen-bond acceptors (Lipinski definition) is 1. The summed E-state index contributed by atoms with van der Waals surface area (Å²) in [5.74, 6) is -1.81. The molecule has 1 aromatic rings. The fraction of sp³-hybridized carbons (Fsp3) is 0.375. The van der Waals surface area contributed by atoms with Crippen LogP contribution in [0.4, 0.5) is 22.0 Å². The van der Waals surface area contributed by atoms with Gasteiger partial charge in [-0.3, -0.25) is 0 Å². The second-order valence-electron chi connectivity index (χ2n) is 2.92. The van der Waals surface area contributed by atoms with E-state index in [0.717, 1.165) is 0 Å². The smallest absolute Gasteiger partial charge is 0.432 e. The van der Waals surface area contributed by atoms with Crippen molar-refractivity contribution in [2.24, 2.45) is 0 Å². The Bertz CT molecular complexity index is 396. The second-order valence-corrected chi connectivity index (χ2v) is 2.92. The summed E-state index contributed by atoms with van der Waals surface area (Å²) in [6.07, 6.45) is -7.29. The lowest BCUT2D eigenvalue weighted by molar-refractivity contribution is -0.144. The van der Waals surface area contributed by atoms with Crippen LogP contribution in [0.15, 0.2) is 12.3 Å². The van der Waals surface area contributed by atoms with E-state index in [0.29, 0.717) is 12.3 Å². The largest absolute Gasteiger partial charge is 0.478 e. The van der Waals surface area contributed by atoms with Crippen molar-refractivity contribution >= 4 is 5.97 Å². The van der Waals surface area contributed by atoms with Gasteiger partial charge in [0, 0.05) is 6.20 Å². The van der Waals surface area contributed by atoms with Crippen LogP contribution >= 0.6 is 0 Å². The molecule has 1 N–H and O–H groups in total. The topological polar surface area (TPSA) is 42.2 Å². The van der Waals surface area contributed by atoms with E-state index in [9.17, 15) is 26.7 Å². The molecule has 1 heterocycles. The van der Waals surface area contributed by atoms with Gasteiger partial charge in [0.15, 0.2) is 0 Å². The van der Waals surface area contributed by atoms with Gasteiger partial charge in [-0.25, -0.2) is 13.6 Å². The minimum atomic E-state index is -4.98. The first-order valence-corrected chi connectivity index (χ1v) is 4.01. The monoisotopic (exact) mass is 243 g/mol. The fourth-order valence-electron chi connectivity index (χ4n) is 1.26. The molecule has 0 saturated heterocycles.